The molecule has 5 heteroatoms. The third-order valence-corrected chi connectivity index (χ3v) is 4.95. The van der Waals surface area contributed by atoms with Gasteiger partial charge in [-0.1, -0.05) is 56.3 Å². The summed E-state index contributed by atoms with van der Waals surface area (Å²) >= 11 is 0. The standard InChI is InChI=1S/C24H33N3O2/c1-17(2)14-22(20-11-7-6-8-12-20)26-24(29)16-27(5)15-23(28)25-21-13-9-10-18(3)19(21)4/h6-13,17,22H,14-16H2,1-5H3,(H,25,28)(H,26,29)/t22-/m0/s1. The number of amides is 2. The van der Waals surface area contributed by atoms with Gasteiger partial charge >= 0.3 is 0 Å². The first kappa shape index (κ1) is 22.6. The molecule has 2 rings (SSSR count). The molecule has 5 nitrogen and oxygen atoms in total. The van der Waals surface area contributed by atoms with Crippen molar-refractivity contribution >= 4 is 17.5 Å². The number of nitrogens with one attached hydrogen (secondary N) is 2. The van der Waals surface area contributed by atoms with Gasteiger partial charge in [0.25, 0.3) is 0 Å². The molecule has 0 saturated carbocycles. The Bertz CT molecular complexity index is 818. The Labute approximate surface area is 174 Å². The number of hydrogen-bond donors (Lipinski definition) is 2. The van der Waals surface area contributed by atoms with Crippen LogP contribution in [0.3, 0.4) is 0 Å². The normalized spacial score (nSPS) is 12.1. The third kappa shape index (κ3) is 7.35. The predicted molar refractivity (Wildman–Crippen MR) is 119 cm³/mol. The lowest BCUT2D eigenvalue weighted by Crippen LogP contribution is -2.40. The van der Waals surface area contributed by atoms with E-state index in [2.05, 4.69) is 24.5 Å². The highest BCUT2D eigenvalue weighted by atomic mass is 16.2. The topological polar surface area (TPSA) is 61.4 Å². The van der Waals surface area contributed by atoms with E-state index in [-0.39, 0.29) is 30.9 Å². The second-order valence-electron chi connectivity index (χ2n) is 8.13. The van der Waals surface area contributed by atoms with Crippen LogP contribution < -0.4 is 10.6 Å². The number of likely N-dealkylation sites (N-methyl/N-ethyl adjacent to an activating group) is 1. The Morgan fingerprint density at radius 3 is 2.24 bits per heavy atom. The number of nitrogens with zero attached hydrogens (tertiary/aromatic N) is 1. The highest BCUT2D eigenvalue weighted by molar-refractivity contribution is 5.93. The minimum atomic E-state index is -0.129. The van der Waals surface area contributed by atoms with E-state index in [0.717, 1.165) is 28.8 Å². The number of aryl methyl sites for hydroxylation is 1. The number of benzene rings is 2. The predicted octanol–water partition coefficient (Wildman–Crippen LogP) is 4.08. The molecular weight excluding hydrogens is 362 g/mol. The number of hydrogen-bond acceptors (Lipinski definition) is 3. The molecule has 2 amide bonds. The van der Waals surface area contributed by atoms with Gasteiger partial charge in [-0.05, 0) is 56.0 Å². The molecule has 0 saturated heterocycles. The van der Waals surface area contributed by atoms with Crippen LogP contribution in [-0.2, 0) is 9.59 Å². The first-order valence-corrected chi connectivity index (χ1v) is 10.1. The summed E-state index contributed by atoms with van der Waals surface area (Å²) in [6.07, 6.45) is 0.868. The molecule has 2 aromatic carbocycles. The van der Waals surface area contributed by atoms with Crippen LogP contribution in [0, 0.1) is 19.8 Å². The van der Waals surface area contributed by atoms with Crippen LogP contribution in [0.1, 0.15) is 43.0 Å². The lowest BCUT2D eigenvalue weighted by atomic mass is 9.97. The summed E-state index contributed by atoms with van der Waals surface area (Å²) < 4.78 is 0. The lowest BCUT2D eigenvalue weighted by Gasteiger charge is -2.23. The molecular formula is C24H33N3O2. The summed E-state index contributed by atoms with van der Waals surface area (Å²) in [6.45, 7) is 8.61. The molecule has 0 aliphatic carbocycles. The molecule has 0 radical (unpaired) electrons. The van der Waals surface area contributed by atoms with E-state index in [9.17, 15) is 9.59 Å². The summed E-state index contributed by atoms with van der Waals surface area (Å²) in [5.74, 6) is 0.249. The van der Waals surface area contributed by atoms with Crippen molar-refractivity contribution in [3.63, 3.8) is 0 Å². The van der Waals surface area contributed by atoms with Crippen molar-refractivity contribution in [3.8, 4) is 0 Å². The summed E-state index contributed by atoms with van der Waals surface area (Å²) in [5.41, 5.74) is 4.10. The van der Waals surface area contributed by atoms with E-state index >= 15 is 0 Å². The van der Waals surface area contributed by atoms with Gasteiger partial charge in [-0.3, -0.25) is 14.5 Å². The fourth-order valence-corrected chi connectivity index (χ4v) is 3.30. The molecule has 2 N–H and O–H groups in total. The van der Waals surface area contributed by atoms with Gasteiger partial charge in [0.1, 0.15) is 0 Å². The van der Waals surface area contributed by atoms with E-state index in [0.29, 0.717) is 5.92 Å². The second-order valence-corrected chi connectivity index (χ2v) is 8.13. The van der Waals surface area contributed by atoms with Gasteiger partial charge in [-0.25, -0.2) is 0 Å². The first-order chi connectivity index (χ1) is 13.8. The van der Waals surface area contributed by atoms with Crippen LogP contribution in [0.4, 0.5) is 5.69 Å². The van der Waals surface area contributed by atoms with Gasteiger partial charge in [-0.2, -0.15) is 0 Å². The molecule has 0 aromatic heterocycles. The minimum Gasteiger partial charge on any atom is -0.348 e. The molecule has 156 valence electrons. The fraction of sp³-hybridized carbons (Fsp3) is 0.417. The Morgan fingerprint density at radius 2 is 1.59 bits per heavy atom. The lowest BCUT2D eigenvalue weighted by molar-refractivity contribution is -0.123. The van der Waals surface area contributed by atoms with Gasteiger partial charge in [0.2, 0.25) is 11.8 Å². The zero-order chi connectivity index (χ0) is 21.4. The van der Waals surface area contributed by atoms with E-state index in [1.165, 1.54) is 0 Å². The van der Waals surface area contributed by atoms with Crippen LogP contribution in [0.5, 0.6) is 0 Å². The first-order valence-electron chi connectivity index (χ1n) is 10.1. The molecule has 1 atom stereocenters. The maximum absolute atomic E-state index is 12.6. The van der Waals surface area contributed by atoms with E-state index in [4.69, 9.17) is 0 Å². The maximum atomic E-state index is 12.6. The van der Waals surface area contributed by atoms with Crippen molar-refractivity contribution in [3.05, 3.63) is 65.2 Å². The van der Waals surface area contributed by atoms with Crippen molar-refractivity contribution in [1.82, 2.24) is 10.2 Å². The third-order valence-electron chi connectivity index (χ3n) is 4.95. The number of anilines is 1. The van der Waals surface area contributed by atoms with Crippen LogP contribution in [-0.4, -0.2) is 36.9 Å². The van der Waals surface area contributed by atoms with Crippen LogP contribution in [0.2, 0.25) is 0 Å². The van der Waals surface area contributed by atoms with Gasteiger partial charge in [-0.15, -0.1) is 0 Å². The van der Waals surface area contributed by atoms with Gasteiger partial charge in [0, 0.05) is 5.69 Å². The average Bonchev–Trinajstić information content (AvgIpc) is 2.65. The zero-order valence-electron chi connectivity index (χ0n) is 18.2. The minimum absolute atomic E-state index is 0.0270. The molecule has 0 aliphatic rings. The fourth-order valence-electron chi connectivity index (χ4n) is 3.30. The van der Waals surface area contributed by atoms with Crippen LogP contribution in [0.15, 0.2) is 48.5 Å². The smallest absolute Gasteiger partial charge is 0.238 e. The summed E-state index contributed by atoms with van der Waals surface area (Å²) in [7, 11) is 1.78. The summed E-state index contributed by atoms with van der Waals surface area (Å²) in [6, 6.07) is 15.8. The SMILES string of the molecule is Cc1cccc(NC(=O)CN(C)CC(=O)N[C@@H](CC(C)C)c2ccccc2)c1C. The molecule has 0 bridgehead atoms. The Kier molecular flexibility index (Phi) is 8.40. The van der Waals surface area contributed by atoms with Crippen molar-refractivity contribution in [1.29, 1.82) is 0 Å². The molecule has 0 fully saturated rings. The Hall–Kier alpha value is -2.66. The summed E-state index contributed by atoms with van der Waals surface area (Å²) in [5, 5.41) is 6.06. The van der Waals surface area contributed by atoms with Crippen LogP contribution in [0.25, 0.3) is 0 Å². The molecule has 0 spiro atoms. The summed E-state index contributed by atoms with van der Waals surface area (Å²) in [4.78, 5) is 26.7. The molecule has 0 aliphatic heterocycles. The van der Waals surface area contributed by atoms with Crippen molar-refractivity contribution in [2.75, 3.05) is 25.5 Å². The highest BCUT2D eigenvalue weighted by Crippen LogP contribution is 2.21. The average molecular weight is 396 g/mol. The zero-order valence-corrected chi connectivity index (χ0v) is 18.2. The second kappa shape index (κ2) is 10.8. The number of carbonyl (C=O) groups excluding carboxylic acids is 2. The quantitative estimate of drug-likeness (QED) is 0.673. The molecule has 0 heterocycles. The monoisotopic (exact) mass is 395 g/mol. The van der Waals surface area contributed by atoms with E-state index < -0.39 is 0 Å². The molecule has 0 unspecified atom stereocenters. The Balaban J connectivity index is 1.90. The van der Waals surface area contributed by atoms with Gasteiger partial charge in [0.15, 0.2) is 0 Å². The largest absolute Gasteiger partial charge is 0.348 e. The number of carbonyl (C=O) groups is 2. The van der Waals surface area contributed by atoms with E-state index in [1.807, 2.05) is 62.4 Å². The van der Waals surface area contributed by atoms with Gasteiger partial charge in [0.05, 0.1) is 19.1 Å². The van der Waals surface area contributed by atoms with Crippen molar-refractivity contribution in [2.24, 2.45) is 5.92 Å². The number of rotatable bonds is 9. The maximum Gasteiger partial charge on any atom is 0.238 e. The Morgan fingerprint density at radius 1 is 0.931 bits per heavy atom. The van der Waals surface area contributed by atoms with E-state index in [1.54, 1.807) is 11.9 Å². The molecule has 29 heavy (non-hydrogen) atoms. The van der Waals surface area contributed by atoms with Crippen molar-refractivity contribution in [2.45, 2.75) is 40.2 Å². The van der Waals surface area contributed by atoms with Gasteiger partial charge < -0.3 is 10.6 Å². The molecule has 2 aromatic rings. The highest BCUT2D eigenvalue weighted by Gasteiger charge is 2.18. The van der Waals surface area contributed by atoms with Crippen LogP contribution >= 0.6 is 0 Å². The van der Waals surface area contributed by atoms with Crippen molar-refractivity contribution < 1.29 is 9.59 Å².